The third kappa shape index (κ3) is 5.21. The fourth-order valence-electron chi connectivity index (χ4n) is 2.67. The van der Waals surface area contributed by atoms with Crippen LogP contribution in [0, 0.1) is 0 Å². The lowest BCUT2D eigenvalue weighted by molar-refractivity contribution is 0.0636. The van der Waals surface area contributed by atoms with E-state index >= 15 is 0 Å². The van der Waals surface area contributed by atoms with Crippen LogP contribution in [-0.2, 0) is 7.05 Å². The van der Waals surface area contributed by atoms with Crippen molar-refractivity contribution in [2.75, 3.05) is 52.9 Å². The van der Waals surface area contributed by atoms with Crippen LogP contribution in [-0.4, -0.2) is 84.4 Å². The predicted molar refractivity (Wildman–Crippen MR) is 93.7 cm³/mol. The number of carbonyl (C=O) groups excluding carboxylic acids is 2. The molecule has 1 aliphatic rings. The lowest BCUT2D eigenvalue weighted by atomic mass is 10.2. The van der Waals surface area contributed by atoms with Crippen LogP contribution in [0.1, 0.15) is 10.4 Å². The molecule has 0 unspecified atom stereocenters. The minimum absolute atomic E-state index is 0.0634. The molecule has 9 nitrogen and oxygen atoms in total. The molecule has 1 saturated heterocycles. The van der Waals surface area contributed by atoms with E-state index in [9.17, 15) is 9.59 Å². The highest BCUT2D eigenvalue weighted by Crippen LogP contribution is 2.18. The summed E-state index contributed by atoms with van der Waals surface area (Å²) in [6, 6.07) is -0.197. The number of rotatable bonds is 7. The van der Waals surface area contributed by atoms with Gasteiger partial charge in [-0.25, -0.2) is 4.79 Å². The first-order chi connectivity index (χ1) is 12.0. The van der Waals surface area contributed by atoms with Crippen molar-refractivity contribution in [1.29, 1.82) is 0 Å². The molecule has 0 atom stereocenters. The quantitative estimate of drug-likeness (QED) is 0.657. The van der Waals surface area contributed by atoms with E-state index in [4.69, 9.17) is 4.74 Å². The predicted octanol–water partition coefficient (Wildman–Crippen LogP) is -0.328. The summed E-state index contributed by atoms with van der Waals surface area (Å²) in [5, 5.41) is 9.58. The number of nitrogens with zero attached hydrogens (tertiary/aromatic N) is 4. The third-order valence-corrected chi connectivity index (χ3v) is 4.00. The molecule has 0 aliphatic carbocycles. The molecule has 2 rings (SSSR count). The van der Waals surface area contributed by atoms with E-state index in [1.165, 1.54) is 7.11 Å². The molecule has 0 spiro atoms. The number of nitrogens with one attached hydrogen (secondary N) is 2. The minimum atomic E-state index is -0.197. The van der Waals surface area contributed by atoms with Crippen LogP contribution in [0.25, 0.3) is 0 Å². The molecule has 0 bridgehead atoms. The summed E-state index contributed by atoms with van der Waals surface area (Å²) in [7, 11) is 3.27. The summed E-state index contributed by atoms with van der Waals surface area (Å²) in [6.45, 7) is 8.12. The van der Waals surface area contributed by atoms with Gasteiger partial charge in [-0.2, -0.15) is 0 Å². The number of ether oxygens (including phenoxy) is 1. The van der Waals surface area contributed by atoms with Gasteiger partial charge in [-0.05, 0) is 0 Å². The van der Waals surface area contributed by atoms with E-state index in [1.54, 1.807) is 28.9 Å². The van der Waals surface area contributed by atoms with Crippen LogP contribution in [0.3, 0.4) is 0 Å². The van der Waals surface area contributed by atoms with E-state index in [0.29, 0.717) is 37.6 Å². The summed E-state index contributed by atoms with van der Waals surface area (Å²) < 4.78 is 6.74. The van der Waals surface area contributed by atoms with E-state index in [-0.39, 0.29) is 11.9 Å². The van der Waals surface area contributed by atoms with Gasteiger partial charge >= 0.3 is 6.03 Å². The van der Waals surface area contributed by atoms with Gasteiger partial charge in [0.1, 0.15) is 5.56 Å². The maximum absolute atomic E-state index is 12.6. The van der Waals surface area contributed by atoms with Gasteiger partial charge in [0.25, 0.3) is 5.91 Å². The number of aromatic nitrogens is 2. The molecule has 3 amide bonds. The fourth-order valence-corrected chi connectivity index (χ4v) is 2.67. The topological polar surface area (TPSA) is 91.7 Å². The number of methoxy groups -OCH3 is 1. The second kappa shape index (κ2) is 9.07. The lowest BCUT2D eigenvalue weighted by Gasteiger charge is -2.34. The Bertz CT molecular complexity index is 607. The van der Waals surface area contributed by atoms with E-state index in [2.05, 4.69) is 27.2 Å². The van der Waals surface area contributed by atoms with E-state index in [0.717, 1.165) is 19.6 Å². The molecule has 9 heteroatoms. The molecule has 25 heavy (non-hydrogen) atoms. The molecule has 1 aromatic heterocycles. The maximum Gasteiger partial charge on any atom is 0.315 e. The maximum atomic E-state index is 12.6. The summed E-state index contributed by atoms with van der Waals surface area (Å²) in [6.07, 6.45) is 3.31. The molecule has 1 aliphatic heterocycles. The normalized spacial score (nSPS) is 14.9. The summed E-state index contributed by atoms with van der Waals surface area (Å²) in [4.78, 5) is 28.1. The second-order valence-electron chi connectivity index (χ2n) is 5.79. The highest BCUT2D eigenvalue weighted by Gasteiger charge is 2.25. The van der Waals surface area contributed by atoms with Gasteiger partial charge in [-0.15, -0.1) is 11.7 Å². The average molecular weight is 350 g/mol. The smallest absolute Gasteiger partial charge is 0.315 e. The van der Waals surface area contributed by atoms with Crippen LogP contribution in [0.5, 0.6) is 5.88 Å². The number of piperazine rings is 1. The minimum Gasteiger partial charge on any atom is -0.479 e. The van der Waals surface area contributed by atoms with E-state index < -0.39 is 0 Å². The van der Waals surface area contributed by atoms with Crippen molar-refractivity contribution in [3.63, 3.8) is 0 Å². The van der Waals surface area contributed by atoms with Crippen molar-refractivity contribution < 1.29 is 14.3 Å². The number of amides is 3. The van der Waals surface area contributed by atoms with Crippen molar-refractivity contribution in [2.24, 2.45) is 7.05 Å². The molecule has 0 aromatic carbocycles. The zero-order chi connectivity index (χ0) is 18.2. The molecule has 0 radical (unpaired) electrons. The molecule has 1 aromatic rings. The first-order valence-electron chi connectivity index (χ1n) is 8.27. The van der Waals surface area contributed by atoms with Crippen LogP contribution >= 0.6 is 0 Å². The Hall–Kier alpha value is -2.55. The fraction of sp³-hybridized carbons (Fsp3) is 0.562. The number of aryl methyl sites for hydroxylation is 1. The monoisotopic (exact) mass is 350 g/mol. The third-order valence-electron chi connectivity index (χ3n) is 4.00. The molecule has 138 valence electrons. The van der Waals surface area contributed by atoms with Gasteiger partial charge < -0.3 is 20.3 Å². The zero-order valence-electron chi connectivity index (χ0n) is 14.8. The van der Waals surface area contributed by atoms with Gasteiger partial charge in [0.2, 0.25) is 5.88 Å². The largest absolute Gasteiger partial charge is 0.479 e. The molecule has 2 heterocycles. The van der Waals surface area contributed by atoms with Crippen LogP contribution in [0.15, 0.2) is 18.9 Å². The Morgan fingerprint density at radius 1 is 1.32 bits per heavy atom. The summed E-state index contributed by atoms with van der Waals surface area (Å²) >= 11 is 0. The van der Waals surface area contributed by atoms with Crippen LogP contribution < -0.4 is 15.4 Å². The van der Waals surface area contributed by atoms with Crippen LogP contribution in [0.2, 0.25) is 0 Å². The number of hydrogen-bond acceptors (Lipinski definition) is 5. The molecule has 0 saturated carbocycles. The SMILES string of the molecule is C=CCNC(=O)NCCN1CCN(C(=O)c2cn(C)nc2OC)CC1. The molecular weight excluding hydrogens is 324 g/mol. The Morgan fingerprint density at radius 3 is 2.68 bits per heavy atom. The Morgan fingerprint density at radius 2 is 2.04 bits per heavy atom. The van der Waals surface area contributed by atoms with Crippen LogP contribution in [0.4, 0.5) is 4.79 Å². The van der Waals surface area contributed by atoms with Crippen molar-refractivity contribution in [3.05, 3.63) is 24.4 Å². The van der Waals surface area contributed by atoms with Crippen molar-refractivity contribution in [3.8, 4) is 5.88 Å². The van der Waals surface area contributed by atoms with Crippen molar-refractivity contribution in [2.45, 2.75) is 0 Å². The van der Waals surface area contributed by atoms with Crippen molar-refractivity contribution >= 4 is 11.9 Å². The summed E-state index contributed by atoms with van der Waals surface area (Å²) in [5.74, 6) is 0.288. The highest BCUT2D eigenvalue weighted by atomic mass is 16.5. The van der Waals surface area contributed by atoms with Gasteiger partial charge in [0.15, 0.2) is 0 Å². The lowest BCUT2D eigenvalue weighted by Crippen LogP contribution is -2.50. The van der Waals surface area contributed by atoms with E-state index in [1.807, 2.05) is 0 Å². The second-order valence-corrected chi connectivity index (χ2v) is 5.79. The number of carbonyl (C=O) groups is 2. The Labute approximate surface area is 147 Å². The standard InChI is InChI=1S/C16H26N6O3/c1-4-5-17-16(24)18-6-7-21-8-10-22(11-9-21)15(23)13-12-20(2)19-14(13)25-3/h4,12H,1,5-11H2,2-3H3,(H2,17,18,24). The van der Waals surface area contributed by atoms with Gasteiger partial charge in [-0.1, -0.05) is 6.08 Å². The first-order valence-corrected chi connectivity index (χ1v) is 8.27. The zero-order valence-corrected chi connectivity index (χ0v) is 14.8. The number of urea groups is 1. The highest BCUT2D eigenvalue weighted by molar-refractivity contribution is 5.96. The Kier molecular flexibility index (Phi) is 6.81. The molecule has 2 N–H and O–H groups in total. The average Bonchev–Trinajstić information content (AvgIpc) is 3.01. The van der Waals surface area contributed by atoms with Gasteiger partial charge in [-0.3, -0.25) is 14.4 Å². The molecular formula is C16H26N6O3. The first kappa shape index (κ1) is 18.8. The Balaban J connectivity index is 1.74. The molecule has 1 fully saturated rings. The van der Waals surface area contributed by atoms with Crippen molar-refractivity contribution in [1.82, 2.24) is 30.2 Å². The van der Waals surface area contributed by atoms with Gasteiger partial charge in [0, 0.05) is 59.1 Å². The summed E-state index contributed by atoms with van der Waals surface area (Å²) in [5.41, 5.74) is 0.485. The van der Waals surface area contributed by atoms with Gasteiger partial charge in [0.05, 0.1) is 7.11 Å². The number of hydrogen-bond donors (Lipinski definition) is 2.